The van der Waals surface area contributed by atoms with Crippen LogP contribution in [0.25, 0.3) is 0 Å². The Bertz CT molecular complexity index is 1390. The van der Waals surface area contributed by atoms with Gasteiger partial charge in [-0.15, -0.1) is 12.3 Å². The highest BCUT2D eigenvalue weighted by Gasteiger charge is 2.38. The number of halogens is 2. The minimum atomic E-state index is -2.65. The zero-order valence-electron chi connectivity index (χ0n) is 28.5. The number of nitrogens with one attached hydrogen (secondary N) is 1. The Balaban J connectivity index is 1.20. The Kier molecular flexibility index (Phi) is 11.8. The number of fused-ring (bicyclic) bond motifs is 1. The number of unbranched alkanes of at least 4 members (excludes halogenated alkanes) is 2. The first-order chi connectivity index (χ1) is 22.6. The molecule has 0 radical (unpaired) electrons. The number of hydrogen-bond acceptors (Lipinski definition) is 4. The van der Waals surface area contributed by atoms with Crippen molar-refractivity contribution in [3.05, 3.63) is 53.1 Å². The van der Waals surface area contributed by atoms with E-state index in [0.717, 1.165) is 75.1 Å². The number of terminal acetylenes is 1. The minimum Gasteiger partial charge on any atom is -0.349 e. The van der Waals surface area contributed by atoms with Gasteiger partial charge in [0.25, 0.3) is 0 Å². The molecule has 2 aromatic rings. The fourth-order valence-corrected chi connectivity index (χ4v) is 8.16. The molecule has 256 valence electrons. The molecule has 0 bridgehead atoms. The van der Waals surface area contributed by atoms with Crippen LogP contribution in [0.4, 0.5) is 8.78 Å². The zero-order valence-corrected chi connectivity index (χ0v) is 28.5. The van der Waals surface area contributed by atoms with Gasteiger partial charge in [-0.3, -0.25) is 14.5 Å². The van der Waals surface area contributed by atoms with E-state index < -0.39 is 5.92 Å². The molecule has 47 heavy (non-hydrogen) atoms. The summed E-state index contributed by atoms with van der Waals surface area (Å²) >= 11 is 0. The first kappa shape index (κ1) is 35.1. The predicted molar refractivity (Wildman–Crippen MR) is 181 cm³/mol. The summed E-state index contributed by atoms with van der Waals surface area (Å²) in [6.07, 6.45) is 13.2. The lowest BCUT2D eigenvalue weighted by Gasteiger charge is -2.34. The molecule has 1 saturated heterocycles. The topological polar surface area (TPSA) is 70.5 Å². The Morgan fingerprint density at radius 2 is 1.87 bits per heavy atom. The van der Waals surface area contributed by atoms with Crippen LogP contribution in [-0.2, 0) is 22.6 Å². The lowest BCUT2D eigenvalue weighted by Crippen LogP contribution is -2.41. The molecule has 3 heterocycles. The van der Waals surface area contributed by atoms with Crippen molar-refractivity contribution in [3.63, 3.8) is 0 Å². The average molecular weight is 650 g/mol. The number of benzene rings is 1. The fourth-order valence-electron chi connectivity index (χ4n) is 8.16. The van der Waals surface area contributed by atoms with Crippen LogP contribution in [0.2, 0.25) is 0 Å². The minimum absolute atomic E-state index is 0.0986. The van der Waals surface area contributed by atoms with Crippen molar-refractivity contribution < 1.29 is 18.4 Å². The number of aromatic nitrogens is 2. The number of nitrogens with zero attached hydrogens (tertiary/aromatic N) is 4. The van der Waals surface area contributed by atoms with Crippen molar-refractivity contribution in [2.75, 3.05) is 13.1 Å². The Labute approximate surface area is 279 Å². The van der Waals surface area contributed by atoms with Gasteiger partial charge in [0.15, 0.2) is 0 Å². The van der Waals surface area contributed by atoms with Gasteiger partial charge in [-0.25, -0.2) is 13.8 Å². The zero-order chi connectivity index (χ0) is 33.6. The Hall–Kier alpha value is -3.25. The molecular weight excluding hydrogens is 596 g/mol. The summed E-state index contributed by atoms with van der Waals surface area (Å²) in [5.74, 6) is 0.746. The fraction of sp³-hybridized carbons (Fsp3) is 0.658. The van der Waals surface area contributed by atoms with E-state index in [-0.39, 0.29) is 55.5 Å². The van der Waals surface area contributed by atoms with Gasteiger partial charge in [-0.2, -0.15) is 0 Å². The molecule has 2 aliphatic heterocycles. The second kappa shape index (κ2) is 15.8. The average Bonchev–Trinajstić information content (AvgIpc) is 3.58. The highest BCUT2D eigenvalue weighted by atomic mass is 19.3. The van der Waals surface area contributed by atoms with Crippen molar-refractivity contribution in [2.24, 2.45) is 5.92 Å². The predicted octanol–water partition coefficient (Wildman–Crippen LogP) is 7.15. The molecule has 1 aliphatic carbocycles. The number of rotatable bonds is 13. The van der Waals surface area contributed by atoms with Gasteiger partial charge in [0.05, 0.1) is 18.3 Å². The first-order valence-electron chi connectivity index (χ1n) is 17.8. The summed E-state index contributed by atoms with van der Waals surface area (Å²) in [4.78, 5) is 35.6. The molecule has 3 aliphatic rings. The van der Waals surface area contributed by atoms with Gasteiger partial charge in [0.2, 0.25) is 17.7 Å². The molecular formula is C38H53F2N5O2. The number of aryl methyl sites for hydroxylation is 1. The summed E-state index contributed by atoms with van der Waals surface area (Å²) in [5, 5.41) is 3.26. The monoisotopic (exact) mass is 649 g/mol. The number of carbonyl (C=O) groups excluding carboxylic acids is 2. The molecule has 7 nitrogen and oxygen atoms in total. The number of imidazole rings is 1. The third-order valence-corrected chi connectivity index (χ3v) is 10.8. The maximum absolute atomic E-state index is 13.8. The maximum Gasteiger partial charge on any atom is 0.248 e. The van der Waals surface area contributed by atoms with E-state index in [1.54, 1.807) is 0 Å². The first-order valence-corrected chi connectivity index (χ1v) is 17.8. The highest BCUT2D eigenvalue weighted by molar-refractivity contribution is 5.79. The van der Waals surface area contributed by atoms with Crippen molar-refractivity contribution in [1.82, 2.24) is 24.7 Å². The molecule has 0 spiro atoms. The summed E-state index contributed by atoms with van der Waals surface area (Å²) in [6.45, 7) is 8.82. The SMILES string of the molecule is C#CCCCCC(=O)N1CCc2c(nc(C)n2C(C)CC2CCC(C)N2CCC(NC(=O)C2CCC(F)(F)CC2)c2ccccc2)C1. The van der Waals surface area contributed by atoms with Gasteiger partial charge in [0, 0.05) is 74.9 Å². The molecule has 9 heteroatoms. The van der Waals surface area contributed by atoms with E-state index in [9.17, 15) is 18.4 Å². The van der Waals surface area contributed by atoms with Crippen LogP contribution in [0, 0.1) is 25.2 Å². The molecule has 1 aromatic carbocycles. The van der Waals surface area contributed by atoms with Crippen molar-refractivity contribution in [1.29, 1.82) is 0 Å². The van der Waals surface area contributed by atoms with Gasteiger partial charge in [0.1, 0.15) is 5.82 Å². The number of carbonyl (C=O) groups is 2. The highest BCUT2D eigenvalue weighted by Crippen LogP contribution is 2.37. The van der Waals surface area contributed by atoms with Crippen molar-refractivity contribution >= 4 is 11.8 Å². The Morgan fingerprint density at radius 1 is 1.13 bits per heavy atom. The largest absolute Gasteiger partial charge is 0.349 e. The summed E-state index contributed by atoms with van der Waals surface area (Å²) in [6, 6.07) is 11.0. The number of amides is 2. The standard InChI is InChI=1S/C38H53F2N5O2/c1-5-6-7-11-14-36(46)43-23-20-35-34(26-43)41-29(4)45(35)28(3)25-32-16-15-27(2)44(32)24-19-33(30-12-9-8-10-13-30)42-37(47)31-17-21-38(39,40)22-18-31/h1,8-10,12-13,27-28,31-33H,6-7,11,14-26H2,2-4H3,(H,42,47). The molecule has 2 fully saturated rings. The van der Waals surface area contributed by atoms with Crippen LogP contribution in [0.15, 0.2) is 30.3 Å². The van der Waals surface area contributed by atoms with Crippen molar-refractivity contribution in [2.45, 2.75) is 141 Å². The second-order valence-corrected chi connectivity index (χ2v) is 14.2. The third-order valence-electron chi connectivity index (χ3n) is 10.8. The van der Waals surface area contributed by atoms with E-state index in [1.165, 1.54) is 5.69 Å². The van der Waals surface area contributed by atoms with Gasteiger partial charge >= 0.3 is 0 Å². The molecule has 1 saturated carbocycles. The van der Waals surface area contributed by atoms with Crippen LogP contribution in [0.5, 0.6) is 0 Å². The number of hydrogen-bond donors (Lipinski definition) is 1. The number of likely N-dealkylation sites (tertiary alicyclic amines) is 1. The third kappa shape index (κ3) is 8.81. The second-order valence-electron chi connectivity index (χ2n) is 14.2. The van der Waals surface area contributed by atoms with E-state index in [4.69, 9.17) is 11.4 Å². The van der Waals surface area contributed by atoms with Crippen LogP contribution >= 0.6 is 0 Å². The van der Waals surface area contributed by atoms with E-state index in [1.807, 2.05) is 35.2 Å². The summed E-state index contributed by atoms with van der Waals surface area (Å²) in [7, 11) is 0. The van der Waals surface area contributed by atoms with E-state index in [2.05, 4.69) is 41.5 Å². The Morgan fingerprint density at radius 3 is 2.60 bits per heavy atom. The van der Waals surface area contributed by atoms with Gasteiger partial charge in [-0.1, -0.05) is 30.3 Å². The molecule has 4 unspecified atom stereocenters. The van der Waals surface area contributed by atoms with Crippen LogP contribution < -0.4 is 5.32 Å². The molecule has 1 aromatic heterocycles. The molecule has 2 amide bonds. The lowest BCUT2D eigenvalue weighted by atomic mass is 9.86. The smallest absolute Gasteiger partial charge is 0.248 e. The summed E-state index contributed by atoms with van der Waals surface area (Å²) in [5.41, 5.74) is 3.34. The van der Waals surface area contributed by atoms with Gasteiger partial charge in [-0.05, 0) is 77.7 Å². The van der Waals surface area contributed by atoms with Crippen molar-refractivity contribution in [3.8, 4) is 12.3 Å². The van der Waals surface area contributed by atoms with E-state index >= 15 is 0 Å². The van der Waals surface area contributed by atoms with Gasteiger partial charge < -0.3 is 14.8 Å². The van der Waals surface area contributed by atoms with E-state index in [0.29, 0.717) is 31.5 Å². The molecule has 1 N–H and O–H groups in total. The van der Waals surface area contributed by atoms with Crippen LogP contribution in [0.1, 0.15) is 126 Å². The van der Waals surface area contributed by atoms with Crippen LogP contribution in [0.3, 0.4) is 0 Å². The quantitative estimate of drug-likeness (QED) is 0.185. The lowest BCUT2D eigenvalue weighted by molar-refractivity contribution is -0.132. The van der Waals surface area contributed by atoms with Crippen LogP contribution in [-0.4, -0.2) is 62.3 Å². The maximum atomic E-state index is 13.8. The summed E-state index contributed by atoms with van der Waals surface area (Å²) < 4.78 is 29.9. The molecule has 5 rings (SSSR count). The number of alkyl halides is 2. The normalized spacial score (nSPS) is 22.8. The molecule has 4 atom stereocenters.